The van der Waals surface area contributed by atoms with E-state index >= 15 is 0 Å². The minimum absolute atomic E-state index is 0.157. The molecule has 5 heteroatoms. The molecule has 1 aliphatic heterocycles. The van der Waals surface area contributed by atoms with E-state index in [9.17, 15) is 4.79 Å². The SMILES string of the molecule is Cc1ccc(C)c(CN2CCc3nc(NC(=O)C4CCC4)sc3C2)c1. The van der Waals surface area contributed by atoms with Gasteiger partial charge in [-0.2, -0.15) is 0 Å². The van der Waals surface area contributed by atoms with Crippen LogP contribution >= 0.6 is 11.3 Å². The zero-order valence-electron chi connectivity index (χ0n) is 15.0. The fourth-order valence-corrected chi connectivity index (χ4v) is 4.58. The third-order valence-corrected chi connectivity index (χ3v) is 6.41. The molecule has 1 aliphatic carbocycles. The van der Waals surface area contributed by atoms with Crippen molar-refractivity contribution in [3.8, 4) is 0 Å². The molecule has 0 unspecified atom stereocenters. The number of benzene rings is 1. The van der Waals surface area contributed by atoms with Crippen LogP contribution in [0.25, 0.3) is 0 Å². The molecule has 1 N–H and O–H groups in total. The number of aryl methyl sites for hydroxylation is 2. The molecule has 4 rings (SSSR count). The average Bonchev–Trinajstić information content (AvgIpc) is 2.90. The highest BCUT2D eigenvalue weighted by molar-refractivity contribution is 7.15. The van der Waals surface area contributed by atoms with E-state index in [0.717, 1.165) is 44.0 Å². The summed E-state index contributed by atoms with van der Waals surface area (Å²) in [7, 11) is 0. The van der Waals surface area contributed by atoms with E-state index in [1.165, 1.54) is 33.7 Å². The van der Waals surface area contributed by atoms with Crippen LogP contribution < -0.4 is 5.32 Å². The van der Waals surface area contributed by atoms with Crippen molar-refractivity contribution in [1.29, 1.82) is 0 Å². The third-order valence-electron chi connectivity index (χ3n) is 5.41. The second-order valence-corrected chi connectivity index (χ2v) is 8.48. The summed E-state index contributed by atoms with van der Waals surface area (Å²) in [5, 5.41) is 3.82. The van der Waals surface area contributed by atoms with Crippen LogP contribution in [0.5, 0.6) is 0 Å². The molecule has 0 saturated heterocycles. The topological polar surface area (TPSA) is 45.2 Å². The van der Waals surface area contributed by atoms with Gasteiger partial charge < -0.3 is 5.32 Å². The van der Waals surface area contributed by atoms with Gasteiger partial charge in [-0.1, -0.05) is 30.2 Å². The molecule has 0 radical (unpaired) electrons. The van der Waals surface area contributed by atoms with E-state index in [0.29, 0.717) is 0 Å². The molecule has 1 aromatic heterocycles. The Balaban J connectivity index is 1.42. The van der Waals surface area contributed by atoms with Crippen molar-refractivity contribution in [2.75, 3.05) is 11.9 Å². The Labute approximate surface area is 153 Å². The number of fused-ring (bicyclic) bond motifs is 1. The molecule has 1 fully saturated rings. The van der Waals surface area contributed by atoms with Crippen LogP contribution in [0.4, 0.5) is 5.13 Å². The number of hydrogen-bond donors (Lipinski definition) is 1. The summed E-state index contributed by atoms with van der Waals surface area (Å²) in [4.78, 5) is 20.6. The second-order valence-electron chi connectivity index (χ2n) is 7.40. The summed E-state index contributed by atoms with van der Waals surface area (Å²) in [5.41, 5.74) is 5.25. The molecule has 2 heterocycles. The predicted molar refractivity (Wildman–Crippen MR) is 102 cm³/mol. The van der Waals surface area contributed by atoms with Crippen LogP contribution in [-0.4, -0.2) is 22.3 Å². The minimum Gasteiger partial charge on any atom is -0.302 e. The van der Waals surface area contributed by atoms with E-state index in [-0.39, 0.29) is 11.8 Å². The largest absolute Gasteiger partial charge is 0.302 e. The van der Waals surface area contributed by atoms with Crippen molar-refractivity contribution in [2.24, 2.45) is 5.92 Å². The van der Waals surface area contributed by atoms with Crippen molar-refractivity contribution in [2.45, 2.75) is 52.6 Å². The number of aromatic nitrogens is 1. The number of anilines is 1. The Hall–Kier alpha value is -1.72. The molecule has 2 aliphatic rings. The molecule has 0 spiro atoms. The summed E-state index contributed by atoms with van der Waals surface area (Å²) < 4.78 is 0. The molecule has 1 amide bonds. The van der Waals surface area contributed by atoms with Gasteiger partial charge in [0.15, 0.2) is 5.13 Å². The Bertz CT molecular complexity index is 794. The lowest BCUT2D eigenvalue weighted by atomic mass is 9.85. The van der Waals surface area contributed by atoms with Crippen molar-refractivity contribution in [3.63, 3.8) is 0 Å². The molecular formula is C20H25N3OS. The van der Waals surface area contributed by atoms with Crippen LogP contribution in [0.15, 0.2) is 18.2 Å². The number of carbonyl (C=O) groups excluding carboxylic acids is 1. The highest BCUT2D eigenvalue weighted by Gasteiger charge is 2.27. The van der Waals surface area contributed by atoms with E-state index in [1.54, 1.807) is 11.3 Å². The molecule has 1 saturated carbocycles. The first-order valence-electron chi connectivity index (χ1n) is 9.16. The maximum atomic E-state index is 12.1. The van der Waals surface area contributed by atoms with Gasteiger partial charge >= 0.3 is 0 Å². The highest BCUT2D eigenvalue weighted by Crippen LogP contribution is 2.32. The minimum atomic E-state index is 0.157. The van der Waals surface area contributed by atoms with Crippen LogP contribution in [0.3, 0.4) is 0 Å². The monoisotopic (exact) mass is 355 g/mol. The first-order valence-corrected chi connectivity index (χ1v) is 9.98. The molecule has 4 nitrogen and oxygen atoms in total. The quantitative estimate of drug-likeness (QED) is 0.900. The number of thiazole rings is 1. The molecule has 0 bridgehead atoms. The number of rotatable bonds is 4. The van der Waals surface area contributed by atoms with E-state index in [1.807, 2.05) is 0 Å². The zero-order chi connectivity index (χ0) is 17.4. The molecule has 2 aromatic rings. The fraction of sp³-hybridized carbons (Fsp3) is 0.500. The van der Waals surface area contributed by atoms with Gasteiger partial charge in [-0.25, -0.2) is 4.98 Å². The van der Waals surface area contributed by atoms with E-state index in [4.69, 9.17) is 0 Å². The van der Waals surface area contributed by atoms with Crippen LogP contribution in [0.1, 0.15) is 46.5 Å². The Morgan fingerprint density at radius 3 is 2.96 bits per heavy atom. The second kappa shape index (κ2) is 6.89. The standard InChI is InChI=1S/C20H25N3OS/c1-13-6-7-14(2)16(10-13)11-23-9-8-17-18(12-23)25-20(21-17)22-19(24)15-4-3-5-15/h6-7,10,15H,3-5,8-9,11-12H2,1-2H3,(H,21,22,24). The molecule has 132 valence electrons. The molecule has 25 heavy (non-hydrogen) atoms. The van der Waals surface area contributed by atoms with Crippen molar-refractivity contribution in [3.05, 3.63) is 45.5 Å². The van der Waals surface area contributed by atoms with Crippen LogP contribution in [-0.2, 0) is 24.3 Å². The summed E-state index contributed by atoms with van der Waals surface area (Å²) in [5.74, 6) is 0.367. The predicted octanol–water partition coefficient (Wildman–Crippen LogP) is 4.06. The summed E-state index contributed by atoms with van der Waals surface area (Å²) in [6.07, 6.45) is 4.21. The number of nitrogens with one attached hydrogen (secondary N) is 1. The summed E-state index contributed by atoms with van der Waals surface area (Å²) in [6.45, 7) is 7.27. The van der Waals surface area contributed by atoms with Crippen LogP contribution in [0.2, 0.25) is 0 Å². The van der Waals surface area contributed by atoms with Gasteiger partial charge in [0, 0.05) is 36.9 Å². The van der Waals surface area contributed by atoms with E-state index < -0.39 is 0 Å². The summed E-state index contributed by atoms with van der Waals surface area (Å²) in [6, 6.07) is 6.68. The normalized spacial score (nSPS) is 17.8. The average molecular weight is 356 g/mol. The van der Waals surface area contributed by atoms with Gasteiger partial charge in [0.2, 0.25) is 5.91 Å². The zero-order valence-corrected chi connectivity index (χ0v) is 15.8. The number of amides is 1. The fourth-order valence-electron chi connectivity index (χ4n) is 3.53. The van der Waals surface area contributed by atoms with Crippen LogP contribution in [0, 0.1) is 19.8 Å². The number of hydrogen-bond acceptors (Lipinski definition) is 4. The Morgan fingerprint density at radius 1 is 1.36 bits per heavy atom. The molecule has 1 aromatic carbocycles. The maximum Gasteiger partial charge on any atom is 0.229 e. The van der Waals surface area contributed by atoms with Gasteiger partial charge in [0.1, 0.15) is 0 Å². The van der Waals surface area contributed by atoms with Gasteiger partial charge in [0.25, 0.3) is 0 Å². The number of carbonyl (C=O) groups is 1. The first kappa shape index (κ1) is 16.7. The third kappa shape index (κ3) is 3.62. The summed E-state index contributed by atoms with van der Waals surface area (Å²) >= 11 is 1.65. The van der Waals surface area contributed by atoms with Crippen molar-refractivity contribution >= 4 is 22.4 Å². The highest BCUT2D eigenvalue weighted by atomic mass is 32.1. The smallest absolute Gasteiger partial charge is 0.229 e. The van der Waals surface area contributed by atoms with Crippen molar-refractivity contribution < 1.29 is 4.79 Å². The molecule has 0 atom stereocenters. The lowest BCUT2D eigenvalue weighted by molar-refractivity contribution is -0.122. The van der Waals surface area contributed by atoms with Gasteiger partial charge in [-0.05, 0) is 37.8 Å². The van der Waals surface area contributed by atoms with Gasteiger partial charge in [0.05, 0.1) is 5.69 Å². The van der Waals surface area contributed by atoms with Gasteiger partial charge in [-0.3, -0.25) is 9.69 Å². The Kier molecular flexibility index (Phi) is 4.61. The molecular weight excluding hydrogens is 330 g/mol. The van der Waals surface area contributed by atoms with E-state index in [2.05, 4.69) is 47.2 Å². The number of nitrogens with zero attached hydrogens (tertiary/aromatic N) is 2. The maximum absolute atomic E-state index is 12.1. The Morgan fingerprint density at radius 2 is 2.20 bits per heavy atom. The lowest BCUT2D eigenvalue weighted by Gasteiger charge is -2.26. The first-order chi connectivity index (χ1) is 12.1. The lowest BCUT2D eigenvalue weighted by Crippen LogP contribution is -2.29. The van der Waals surface area contributed by atoms with Crippen molar-refractivity contribution in [1.82, 2.24) is 9.88 Å². The van der Waals surface area contributed by atoms with Gasteiger partial charge in [-0.15, -0.1) is 11.3 Å².